The highest BCUT2D eigenvalue weighted by Gasteiger charge is 2.37. The molecule has 0 bridgehead atoms. The molecule has 0 aliphatic heterocycles. The monoisotopic (exact) mass is 292 g/mol. The van der Waals surface area contributed by atoms with Crippen LogP contribution in [0.4, 0.5) is 0 Å². The number of aliphatic hydroxyl groups is 1. The molecule has 98 valence electrons. The quantitative estimate of drug-likeness (QED) is 0.817. The molecule has 1 nitrogen and oxygen atoms in total. The Labute approximate surface area is 122 Å². The van der Waals surface area contributed by atoms with Crippen molar-refractivity contribution in [1.82, 2.24) is 0 Å². The van der Waals surface area contributed by atoms with Crippen molar-refractivity contribution < 1.29 is 5.11 Å². The maximum absolute atomic E-state index is 11.2. The first-order chi connectivity index (χ1) is 9.13. The highest BCUT2D eigenvalue weighted by Crippen LogP contribution is 2.44. The second kappa shape index (κ2) is 4.82. The van der Waals surface area contributed by atoms with Gasteiger partial charge in [-0.05, 0) is 36.5 Å². The first-order valence-electron chi connectivity index (χ1n) is 6.38. The number of benzene rings is 2. The predicted octanol–water partition coefficient (Wildman–Crippen LogP) is 4.57. The lowest BCUT2D eigenvalue weighted by atomic mass is 9.75. The van der Waals surface area contributed by atoms with Crippen molar-refractivity contribution in [3.8, 4) is 0 Å². The van der Waals surface area contributed by atoms with Crippen molar-refractivity contribution >= 4 is 23.2 Å². The lowest BCUT2D eigenvalue weighted by Gasteiger charge is -2.35. The molecule has 1 aliphatic rings. The molecule has 0 heterocycles. The fourth-order valence-corrected chi connectivity index (χ4v) is 3.37. The highest BCUT2D eigenvalue weighted by atomic mass is 35.5. The van der Waals surface area contributed by atoms with Crippen LogP contribution in [0.2, 0.25) is 10.0 Å². The van der Waals surface area contributed by atoms with Crippen LogP contribution in [0.5, 0.6) is 0 Å². The lowest BCUT2D eigenvalue weighted by molar-refractivity contribution is 0.0617. The Bertz CT molecular complexity index is 624. The molecule has 1 N–H and O–H groups in total. The molecular formula is C16H14Cl2O. The maximum Gasteiger partial charge on any atom is 0.116 e. The molecular weight excluding hydrogens is 279 g/mol. The van der Waals surface area contributed by atoms with Crippen molar-refractivity contribution in [2.45, 2.75) is 24.9 Å². The van der Waals surface area contributed by atoms with E-state index in [-0.39, 0.29) is 0 Å². The molecule has 0 amide bonds. The molecule has 19 heavy (non-hydrogen) atoms. The van der Waals surface area contributed by atoms with Crippen LogP contribution in [0.25, 0.3) is 0 Å². The summed E-state index contributed by atoms with van der Waals surface area (Å²) in [5.74, 6) is 0. The molecule has 0 saturated heterocycles. The molecule has 2 aromatic rings. The smallest absolute Gasteiger partial charge is 0.116 e. The Kier molecular flexibility index (Phi) is 3.30. The molecule has 3 rings (SSSR count). The van der Waals surface area contributed by atoms with Crippen molar-refractivity contribution in [2.24, 2.45) is 0 Å². The van der Waals surface area contributed by atoms with E-state index in [4.69, 9.17) is 23.2 Å². The molecule has 3 heteroatoms. The third-order valence-corrected chi connectivity index (χ3v) is 4.66. The van der Waals surface area contributed by atoms with Crippen molar-refractivity contribution in [3.05, 3.63) is 69.2 Å². The van der Waals surface area contributed by atoms with Crippen LogP contribution in [0.3, 0.4) is 0 Å². The summed E-state index contributed by atoms with van der Waals surface area (Å²) in [6, 6.07) is 13.4. The molecule has 0 radical (unpaired) electrons. The molecule has 2 aromatic carbocycles. The molecule has 1 unspecified atom stereocenters. The van der Waals surface area contributed by atoms with Crippen LogP contribution in [-0.4, -0.2) is 5.11 Å². The van der Waals surface area contributed by atoms with E-state index in [1.54, 1.807) is 6.07 Å². The van der Waals surface area contributed by atoms with Gasteiger partial charge in [0.25, 0.3) is 0 Å². The number of halogens is 2. The fraction of sp³-hybridized carbons (Fsp3) is 0.250. The van der Waals surface area contributed by atoms with Gasteiger partial charge in [0.05, 0.1) is 10.0 Å². The normalized spacial score (nSPS) is 22.1. The third-order valence-electron chi connectivity index (χ3n) is 3.84. The second-order valence-corrected chi connectivity index (χ2v) is 5.76. The van der Waals surface area contributed by atoms with Crippen LogP contribution in [0.1, 0.15) is 29.5 Å². The van der Waals surface area contributed by atoms with Gasteiger partial charge in [0, 0.05) is 5.56 Å². The van der Waals surface area contributed by atoms with Gasteiger partial charge < -0.3 is 5.11 Å². The van der Waals surface area contributed by atoms with Crippen molar-refractivity contribution in [1.29, 1.82) is 0 Å². The minimum absolute atomic E-state index is 0.448. The van der Waals surface area contributed by atoms with Crippen LogP contribution < -0.4 is 0 Å². The summed E-state index contributed by atoms with van der Waals surface area (Å²) in [4.78, 5) is 0. The topological polar surface area (TPSA) is 20.2 Å². The average molecular weight is 293 g/mol. The van der Waals surface area contributed by atoms with E-state index >= 15 is 0 Å². The third kappa shape index (κ3) is 2.06. The van der Waals surface area contributed by atoms with E-state index in [9.17, 15) is 5.11 Å². The average Bonchev–Trinajstić information content (AvgIpc) is 2.42. The molecule has 1 atom stereocenters. The SMILES string of the molecule is OC1(c2cccc(Cl)c2Cl)CCCc2ccccc21. The molecule has 0 fully saturated rings. The van der Waals surface area contributed by atoms with E-state index in [0.29, 0.717) is 22.0 Å². The summed E-state index contributed by atoms with van der Waals surface area (Å²) in [5.41, 5.74) is 1.81. The van der Waals surface area contributed by atoms with Gasteiger partial charge in [-0.25, -0.2) is 0 Å². The van der Waals surface area contributed by atoms with E-state index in [1.807, 2.05) is 30.3 Å². The predicted molar refractivity (Wildman–Crippen MR) is 78.8 cm³/mol. The second-order valence-electron chi connectivity index (χ2n) is 4.97. The maximum atomic E-state index is 11.2. The Balaban J connectivity index is 2.22. The molecule has 0 spiro atoms. The van der Waals surface area contributed by atoms with E-state index in [1.165, 1.54) is 5.56 Å². The van der Waals surface area contributed by atoms with Gasteiger partial charge in [-0.15, -0.1) is 0 Å². The lowest BCUT2D eigenvalue weighted by Crippen LogP contribution is -2.32. The van der Waals surface area contributed by atoms with Gasteiger partial charge in [-0.3, -0.25) is 0 Å². The summed E-state index contributed by atoms with van der Waals surface area (Å²) in [5, 5.41) is 12.1. The molecule has 0 aromatic heterocycles. The molecule has 1 aliphatic carbocycles. The minimum atomic E-state index is -1.03. The van der Waals surface area contributed by atoms with E-state index < -0.39 is 5.60 Å². The van der Waals surface area contributed by atoms with E-state index in [2.05, 4.69) is 6.07 Å². The number of rotatable bonds is 1. The summed E-state index contributed by atoms with van der Waals surface area (Å²) >= 11 is 12.4. The number of hydrogen-bond donors (Lipinski definition) is 1. The summed E-state index contributed by atoms with van der Waals surface area (Å²) in [6.07, 6.45) is 2.61. The Morgan fingerprint density at radius 2 is 1.68 bits per heavy atom. The van der Waals surface area contributed by atoms with Gasteiger partial charge in [0.2, 0.25) is 0 Å². The number of hydrogen-bond acceptors (Lipinski definition) is 1. The summed E-state index contributed by atoms with van der Waals surface area (Å²) in [6.45, 7) is 0. The van der Waals surface area contributed by atoms with Gasteiger partial charge in [-0.1, -0.05) is 59.6 Å². The summed E-state index contributed by atoms with van der Waals surface area (Å²) < 4.78 is 0. The fourth-order valence-electron chi connectivity index (χ4n) is 2.91. The van der Waals surface area contributed by atoms with Crippen LogP contribution in [0, 0.1) is 0 Å². The number of fused-ring (bicyclic) bond motifs is 1. The van der Waals surface area contributed by atoms with Crippen LogP contribution >= 0.6 is 23.2 Å². The zero-order chi connectivity index (χ0) is 13.5. The number of aryl methyl sites for hydroxylation is 1. The zero-order valence-electron chi connectivity index (χ0n) is 10.4. The Morgan fingerprint density at radius 3 is 2.53 bits per heavy atom. The zero-order valence-corrected chi connectivity index (χ0v) is 11.9. The van der Waals surface area contributed by atoms with Crippen molar-refractivity contribution in [3.63, 3.8) is 0 Å². The first kappa shape index (κ1) is 13.0. The van der Waals surface area contributed by atoms with Crippen molar-refractivity contribution in [2.75, 3.05) is 0 Å². The van der Waals surface area contributed by atoms with Gasteiger partial charge in [-0.2, -0.15) is 0 Å². The summed E-state index contributed by atoms with van der Waals surface area (Å²) in [7, 11) is 0. The largest absolute Gasteiger partial charge is 0.380 e. The van der Waals surface area contributed by atoms with Crippen LogP contribution in [-0.2, 0) is 12.0 Å². The standard InChI is InChI=1S/C16H14Cl2O/c17-14-9-3-8-13(15(14)18)16(19)10-4-6-11-5-1-2-7-12(11)16/h1-3,5,7-9,19H,4,6,10H2. The Hall–Kier alpha value is -1.02. The van der Waals surface area contributed by atoms with Gasteiger partial charge in [0.15, 0.2) is 0 Å². The van der Waals surface area contributed by atoms with Gasteiger partial charge in [0.1, 0.15) is 5.60 Å². The Morgan fingerprint density at radius 1 is 0.947 bits per heavy atom. The highest BCUT2D eigenvalue weighted by molar-refractivity contribution is 6.42. The van der Waals surface area contributed by atoms with Gasteiger partial charge >= 0.3 is 0 Å². The van der Waals surface area contributed by atoms with Crippen LogP contribution in [0.15, 0.2) is 42.5 Å². The minimum Gasteiger partial charge on any atom is -0.380 e. The van der Waals surface area contributed by atoms with E-state index in [0.717, 1.165) is 18.4 Å². The first-order valence-corrected chi connectivity index (χ1v) is 7.14. The molecule has 0 saturated carbocycles.